The molecule has 0 fully saturated rings. The van der Waals surface area contributed by atoms with E-state index in [2.05, 4.69) is 23.2 Å². The number of pyridine rings is 1. The highest BCUT2D eigenvalue weighted by molar-refractivity contribution is 5.81. The summed E-state index contributed by atoms with van der Waals surface area (Å²) in [7, 11) is 0. The number of rotatable bonds is 3. The van der Waals surface area contributed by atoms with Crippen LogP contribution < -0.4 is 4.74 Å². The van der Waals surface area contributed by atoms with Crippen LogP contribution in [0.5, 0.6) is 5.75 Å². The molecule has 19 heavy (non-hydrogen) atoms. The smallest absolute Gasteiger partial charge is 0.119 e. The van der Waals surface area contributed by atoms with E-state index in [9.17, 15) is 0 Å². The first kappa shape index (κ1) is 11.7. The molecular formula is C17H15NO. The number of hydrogen-bond donors (Lipinski definition) is 0. The normalized spacial score (nSPS) is 10.6. The molecule has 0 atom stereocenters. The molecule has 3 aromatic rings. The zero-order valence-electron chi connectivity index (χ0n) is 10.8. The number of ether oxygens (including phenoxy) is 1. The molecule has 0 aliphatic rings. The van der Waals surface area contributed by atoms with Crippen LogP contribution in [-0.2, 0) is 0 Å². The van der Waals surface area contributed by atoms with E-state index in [0.717, 1.165) is 27.9 Å². The molecule has 3 rings (SSSR count). The highest BCUT2D eigenvalue weighted by atomic mass is 16.5. The van der Waals surface area contributed by atoms with Gasteiger partial charge in [0.2, 0.25) is 0 Å². The lowest BCUT2D eigenvalue weighted by Crippen LogP contribution is -1.91. The maximum absolute atomic E-state index is 5.45. The standard InChI is InChI=1S/C17H15NO/c1-2-19-15-10-7-14(8-11-15)17-12-9-13-5-3-4-6-16(13)18-17/h3-12H,2H2,1H3. The lowest BCUT2D eigenvalue weighted by Gasteiger charge is -2.05. The lowest BCUT2D eigenvalue weighted by atomic mass is 10.1. The van der Waals surface area contributed by atoms with E-state index in [-0.39, 0.29) is 0 Å². The summed E-state index contributed by atoms with van der Waals surface area (Å²) in [5.74, 6) is 0.895. The van der Waals surface area contributed by atoms with Gasteiger partial charge in [-0.2, -0.15) is 0 Å². The van der Waals surface area contributed by atoms with Crippen LogP contribution in [0.3, 0.4) is 0 Å². The molecule has 0 amide bonds. The molecule has 0 unspecified atom stereocenters. The van der Waals surface area contributed by atoms with E-state index in [1.54, 1.807) is 0 Å². The summed E-state index contributed by atoms with van der Waals surface area (Å²) in [4.78, 5) is 4.68. The molecule has 0 aliphatic carbocycles. The summed E-state index contributed by atoms with van der Waals surface area (Å²) in [5, 5.41) is 1.16. The summed E-state index contributed by atoms with van der Waals surface area (Å²) in [6.45, 7) is 2.67. The first-order valence-corrected chi connectivity index (χ1v) is 6.46. The van der Waals surface area contributed by atoms with Crippen LogP contribution in [-0.4, -0.2) is 11.6 Å². The van der Waals surface area contributed by atoms with Crippen LogP contribution in [0.1, 0.15) is 6.92 Å². The third kappa shape index (κ3) is 2.43. The fourth-order valence-electron chi connectivity index (χ4n) is 2.12. The van der Waals surface area contributed by atoms with Crippen LogP contribution in [0.15, 0.2) is 60.7 Å². The molecule has 0 aliphatic heterocycles. The lowest BCUT2D eigenvalue weighted by molar-refractivity contribution is 0.340. The predicted molar refractivity (Wildman–Crippen MR) is 78.3 cm³/mol. The van der Waals surface area contributed by atoms with Crippen molar-refractivity contribution in [1.82, 2.24) is 4.98 Å². The molecular weight excluding hydrogens is 234 g/mol. The third-order valence-electron chi connectivity index (χ3n) is 3.06. The highest BCUT2D eigenvalue weighted by Crippen LogP contribution is 2.23. The summed E-state index contributed by atoms with van der Waals surface area (Å²) in [6, 6.07) is 20.4. The second-order valence-electron chi connectivity index (χ2n) is 4.35. The summed E-state index contributed by atoms with van der Waals surface area (Å²) >= 11 is 0. The molecule has 2 aromatic carbocycles. The quantitative estimate of drug-likeness (QED) is 0.690. The van der Waals surface area contributed by atoms with Crippen LogP contribution >= 0.6 is 0 Å². The molecule has 0 bridgehead atoms. The molecule has 94 valence electrons. The van der Waals surface area contributed by atoms with Crippen LogP contribution in [0.4, 0.5) is 0 Å². The van der Waals surface area contributed by atoms with E-state index in [0.29, 0.717) is 6.61 Å². The van der Waals surface area contributed by atoms with E-state index < -0.39 is 0 Å². The molecule has 2 nitrogen and oxygen atoms in total. The van der Waals surface area contributed by atoms with E-state index in [1.807, 2.05) is 49.4 Å². The number of aromatic nitrogens is 1. The van der Waals surface area contributed by atoms with Crippen molar-refractivity contribution in [3.63, 3.8) is 0 Å². The van der Waals surface area contributed by atoms with E-state index >= 15 is 0 Å². The number of para-hydroxylation sites is 1. The Hall–Kier alpha value is -2.35. The van der Waals surface area contributed by atoms with Gasteiger partial charge in [-0.25, -0.2) is 4.98 Å². The number of fused-ring (bicyclic) bond motifs is 1. The number of hydrogen-bond acceptors (Lipinski definition) is 2. The predicted octanol–water partition coefficient (Wildman–Crippen LogP) is 4.30. The zero-order chi connectivity index (χ0) is 13.1. The van der Waals surface area contributed by atoms with E-state index in [4.69, 9.17) is 4.74 Å². The fourth-order valence-corrected chi connectivity index (χ4v) is 2.12. The molecule has 0 N–H and O–H groups in total. The van der Waals surface area contributed by atoms with Crippen molar-refractivity contribution in [3.8, 4) is 17.0 Å². The Labute approximate surface area is 112 Å². The van der Waals surface area contributed by atoms with Crippen molar-refractivity contribution in [2.45, 2.75) is 6.92 Å². The maximum Gasteiger partial charge on any atom is 0.119 e. The van der Waals surface area contributed by atoms with Gasteiger partial charge in [-0.05, 0) is 43.3 Å². The van der Waals surface area contributed by atoms with Gasteiger partial charge in [-0.15, -0.1) is 0 Å². The van der Waals surface area contributed by atoms with Gasteiger partial charge in [0, 0.05) is 10.9 Å². The van der Waals surface area contributed by atoms with Gasteiger partial charge < -0.3 is 4.74 Å². The average molecular weight is 249 g/mol. The van der Waals surface area contributed by atoms with Gasteiger partial charge in [0.1, 0.15) is 5.75 Å². The molecule has 0 saturated heterocycles. The van der Waals surface area contributed by atoms with Crippen molar-refractivity contribution >= 4 is 10.9 Å². The highest BCUT2D eigenvalue weighted by Gasteiger charge is 2.01. The Balaban J connectivity index is 1.99. The fraction of sp³-hybridized carbons (Fsp3) is 0.118. The van der Waals surface area contributed by atoms with Crippen molar-refractivity contribution in [2.75, 3.05) is 6.61 Å². The Kier molecular flexibility index (Phi) is 3.15. The first-order valence-electron chi connectivity index (χ1n) is 6.46. The minimum absolute atomic E-state index is 0.688. The minimum atomic E-state index is 0.688. The van der Waals surface area contributed by atoms with Gasteiger partial charge in [0.15, 0.2) is 0 Å². The second kappa shape index (κ2) is 5.11. The van der Waals surface area contributed by atoms with Crippen molar-refractivity contribution in [3.05, 3.63) is 60.7 Å². The van der Waals surface area contributed by atoms with Gasteiger partial charge in [0.25, 0.3) is 0 Å². The topological polar surface area (TPSA) is 22.1 Å². The Morgan fingerprint density at radius 2 is 1.68 bits per heavy atom. The maximum atomic E-state index is 5.45. The monoisotopic (exact) mass is 249 g/mol. The summed E-state index contributed by atoms with van der Waals surface area (Å²) in [5.41, 5.74) is 3.12. The third-order valence-corrected chi connectivity index (χ3v) is 3.06. The van der Waals surface area contributed by atoms with Crippen molar-refractivity contribution < 1.29 is 4.74 Å². The SMILES string of the molecule is CCOc1ccc(-c2ccc3ccccc3n2)cc1. The molecule has 0 radical (unpaired) electrons. The van der Waals surface area contributed by atoms with Gasteiger partial charge in [0.05, 0.1) is 17.8 Å². The first-order chi connectivity index (χ1) is 9.36. The number of nitrogens with zero attached hydrogens (tertiary/aromatic N) is 1. The van der Waals surface area contributed by atoms with Gasteiger partial charge in [-0.1, -0.05) is 24.3 Å². The van der Waals surface area contributed by atoms with Crippen LogP contribution in [0.25, 0.3) is 22.2 Å². The molecule has 1 heterocycles. The Morgan fingerprint density at radius 1 is 0.895 bits per heavy atom. The average Bonchev–Trinajstić information content (AvgIpc) is 2.48. The summed E-state index contributed by atoms with van der Waals surface area (Å²) in [6.07, 6.45) is 0. The van der Waals surface area contributed by atoms with Crippen LogP contribution in [0.2, 0.25) is 0 Å². The minimum Gasteiger partial charge on any atom is -0.494 e. The van der Waals surface area contributed by atoms with Crippen molar-refractivity contribution in [1.29, 1.82) is 0 Å². The number of benzene rings is 2. The van der Waals surface area contributed by atoms with Crippen molar-refractivity contribution in [2.24, 2.45) is 0 Å². The van der Waals surface area contributed by atoms with Gasteiger partial charge >= 0.3 is 0 Å². The molecule has 0 spiro atoms. The molecule has 0 saturated carbocycles. The molecule has 1 aromatic heterocycles. The van der Waals surface area contributed by atoms with Gasteiger partial charge in [-0.3, -0.25) is 0 Å². The largest absolute Gasteiger partial charge is 0.494 e. The van der Waals surface area contributed by atoms with E-state index in [1.165, 1.54) is 0 Å². The molecule has 2 heteroatoms. The summed E-state index contributed by atoms with van der Waals surface area (Å²) < 4.78 is 5.45. The van der Waals surface area contributed by atoms with Crippen LogP contribution in [0, 0.1) is 0 Å². The Bertz CT molecular complexity index is 689. The second-order valence-corrected chi connectivity index (χ2v) is 4.35. The Morgan fingerprint density at radius 3 is 2.47 bits per heavy atom. The zero-order valence-corrected chi connectivity index (χ0v) is 10.8.